The second-order valence-electron chi connectivity index (χ2n) is 3.52. The van der Waals surface area contributed by atoms with Gasteiger partial charge in [0.1, 0.15) is 0 Å². The van der Waals surface area contributed by atoms with Crippen LogP contribution in [0.4, 0.5) is 11.4 Å². The van der Waals surface area contributed by atoms with E-state index < -0.39 is 0 Å². The third-order valence-corrected chi connectivity index (χ3v) is 3.30. The van der Waals surface area contributed by atoms with Crippen LogP contribution in [-0.2, 0) is 0 Å². The number of nitrogens with zero attached hydrogens (tertiary/aromatic N) is 2. The highest BCUT2D eigenvalue weighted by atomic mass is 32.2. The van der Waals surface area contributed by atoms with E-state index in [2.05, 4.69) is 10.4 Å². The molecular formula is C10H13N3O2S. The highest BCUT2D eigenvalue weighted by molar-refractivity contribution is 7.99. The predicted molar refractivity (Wildman–Crippen MR) is 65.6 cm³/mol. The van der Waals surface area contributed by atoms with Crippen molar-refractivity contribution in [2.45, 2.75) is 0 Å². The summed E-state index contributed by atoms with van der Waals surface area (Å²) in [4.78, 5) is 10.2. The topological polar surface area (TPSA) is 58.4 Å². The Morgan fingerprint density at radius 2 is 2.12 bits per heavy atom. The molecule has 16 heavy (non-hydrogen) atoms. The molecular weight excluding hydrogens is 226 g/mol. The molecule has 1 aromatic carbocycles. The lowest BCUT2D eigenvalue weighted by Gasteiger charge is -2.27. The number of hydrazine groups is 1. The summed E-state index contributed by atoms with van der Waals surface area (Å²) in [5.74, 6) is 2.20. The molecule has 1 aliphatic heterocycles. The Labute approximate surface area is 97.9 Å². The smallest absolute Gasteiger partial charge is 0.271 e. The zero-order chi connectivity index (χ0) is 11.4. The molecule has 0 aromatic heterocycles. The van der Waals surface area contributed by atoms with Gasteiger partial charge >= 0.3 is 0 Å². The molecule has 0 atom stereocenters. The van der Waals surface area contributed by atoms with Gasteiger partial charge in [-0.05, 0) is 6.07 Å². The van der Waals surface area contributed by atoms with E-state index in [-0.39, 0.29) is 10.6 Å². The molecule has 1 aromatic rings. The Morgan fingerprint density at radius 1 is 1.38 bits per heavy atom. The number of nitro benzene ring substituents is 1. The van der Waals surface area contributed by atoms with E-state index in [0.717, 1.165) is 30.3 Å². The molecule has 1 saturated heterocycles. The number of rotatable bonds is 3. The van der Waals surface area contributed by atoms with Gasteiger partial charge in [0.25, 0.3) is 5.69 Å². The fourth-order valence-corrected chi connectivity index (χ4v) is 2.45. The van der Waals surface area contributed by atoms with Gasteiger partial charge in [0.05, 0.1) is 10.6 Å². The Kier molecular flexibility index (Phi) is 3.63. The first-order chi connectivity index (χ1) is 7.75. The summed E-state index contributed by atoms with van der Waals surface area (Å²) in [5.41, 5.74) is 4.09. The van der Waals surface area contributed by atoms with Crippen LogP contribution in [0.15, 0.2) is 24.3 Å². The molecule has 0 unspecified atom stereocenters. The van der Waals surface area contributed by atoms with Crippen LogP contribution in [-0.4, -0.2) is 34.5 Å². The molecule has 2 rings (SSSR count). The van der Waals surface area contributed by atoms with Gasteiger partial charge in [-0.25, -0.2) is 5.01 Å². The van der Waals surface area contributed by atoms with E-state index in [1.54, 1.807) is 12.1 Å². The molecule has 0 amide bonds. The normalized spacial score (nSPS) is 17.0. The molecule has 5 nitrogen and oxygen atoms in total. The maximum Gasteiger partial charge on any atom is 0.271 e. The predicted octanol–water partition coefficient (Wildman–Crippen LogP) is 1.97. The van der Waals surface area contributed by atoms with E-state index >= 15 is 0 Å². The fourth-order valence-electron chi connectivity index (χ4n) is 1.55. The molecule has 0 saturated carbocycles. The first-order valence-corrected chi connectivity index (χ1v) is 6.25. The van der Waals surface area contributed by atoms with E-state index in [1.807, 2.05) is 17.8 Å². The maximum atomic E-state index is 10.6. The molecule has 0 spiro atoms. The molecule has 0 aliphatic carbocycles. The highest BCUT2D eigenvalue weighted by Gasteiger charge is 2.11. The zero-order valence-corrected chi connectivity index (χ0v) is 9.57. The van der Waals surface area contributed by atoms with Gasteiger partial charge in [0.2, 0.25) is 0 Å². The number of anilines is 1. The number of nitrogens with one attached hydrogen (secondary N) is 1. The molecule has 1 fully saturated rings. The number of benzene rings is 1. The summed E-state index contributed by atoms with van der Waals surface area (Å²) in [6.45, 7) is 1.93. The summed E-state index contributed by atoms with van der Waals surface area (Å²) in [5, 5.41) is 12.7. The minimum atomic E-state index is -0.378. The highest BCUT2D eigenvalue weighted by Crippen LogP contribution is 2.18. The van der Waals surface area contributed by atoms with Crippen molar-refractivity contribution in [3.8, 4) is 0 Å². The standard InChI is InChI=1S/C10H13N3O2S/c14-13(15)10-3-1-2-9(8-10)11-12-4-6-16-7-5-12/h1-3,8,11H,4-7H2. The first-order valence-electron chi connectivity index (χ1n) is 5.09. The van der Waals surface area contributed by atoms with Crippen LogP contribution in [0.3, 0.4) is 0 Å². The number of hydrogen-bond acceptors (Lipinski definition) is 5. The maximum absolute atomic E-state index is 10.6. The molecule has 1 heterocycles. The average Bonchev–Trinajstić information content (AvgIpc) is 2.30. The molecule has 6 heteroatoms. The van der Waals surface area contributed by atoms with E-state index in [0.29, 0.717) is 0 Å². The molecule has 0 radical (unpaired) electrons. The van der Waals surface area contributed by atoms with Crippen molar-refractivity contribution in [3.63, 3.8) is 0 Å². The molecule has 1 N–H and O–H groups in total. The fraction of sp³-hybridized carbons (Fsp3) is 0.400. The van der Waals surface area contributed by atoms with Gasteiger partial charge in [-0.3, -0.25) is 10.1 Å². The van der Waals surface area contributed by atoms with E-state index in [9.17, 15) is 10.1 Å². The summed E-state index contributed by atoms with van der Waals surface area (Å²) >= 11 is 1.93. The lowest BCUT2D eigenvalue weighted by Crippen LogP contribution is -2.37. The van der Waals surface area contributed by atoms with Gasteiger partial charge < -0.3 is 5.43 Å². The summed E-state index contributed by atoms with van der Waals surface area (Å²) in [7, 11) is 0. The van der Waals surface area contributed by atoms with Crippen molar-refractivity contribution in [1.82, 2.24) is 5.01 Å². The lowest BCUT2D eigenvalue weighted by molar-refractivity contribution is -0.384. The average molecular weight is 239 g/mol. The van der Waals surface area contributed by atoms with Crippen molar-refractivity contribution in [2.75, 3.05) is 30.0 Å². The van der Waals surface area contributed by atoms with Crippen molar-refractivity contribution in [2.24, 2.45) is 0 Å². The third-order valence-electron chi connectivity index (χ3n) is 2.36. The molecule has 86 valence electrons. The minimum absolute atomic E-state index is 0.122. The lowest BCUT2D eigenvalue weighted by atomic mass is 10.3. The first kappa shape index (κ1) is 11.2. The molecule has 1 aliphatic rings. The number of thioether (sulfide) groups is 1. The number of hydrogen-bond donors (Lipinski definition) is 1. The van der Waals surface area contributed by atoms with Crippen molar-refractivity contribution >= 4 is 23.1 Å². The Bertz CT molecular complexity index is 380. The van der Waals surface area contributed by atoms with Crippen molar-refractivity contribution in [3.05, 3.63) is 34.4 Å². The van der Waals surface area contributed by atoms with Crippen LogP contribution in [0.1, 0.15) is 0 Å². The summed E-state index contributed by atoms with van der Waals surface area (Å²) in [6, 6.07) is 6.59. The number of non-ortho nitro benzene ring substituents is 1. The largest absolute Gasteiger partial charge is 0.319 e. The van der Waals surface area contributed by atoms with Crippen molar-refractivity contribution in [1.29, 1.82) is 0 Å². The third kappa shape index (κ3) is 2.86. The quantitative estimate of drug-likeness (QED) is 0.645. The van der Waals surface area contributed by atoms with Crippen LogP contribution in [0.2, 0.25) is 0 Å². The van der Waals surface area contributed by atoms with Crippen LogP contribution in [0.5, 0.6) is 0 Å². The van der Waals surface area contributed by atoms with E-state index in [1.165, 1.54) is 6.07 Å². The SMILES string of the molecule is O=[N+]([O-])c1cccc(NN2CCSCC2)c1. The van der Waals surface area contributed by atoms with Crippen molar-refractivity contribution < 1.29 is 4.92 Å². The Balaban J connectivity index is 2.02. The van der Waals surface area contributed by atoms with Crippen LogP contribution in [0.25, 0.3) is 0 Å². The van der Waals surface area contributed by atoms with Gasteiger partial charge in [-0.15, -0.1) is 0 Å². The Hall–Kier alpha value is -1.27. The van der Waals surface area contributed by atoms with Crippen LogP contribution >= 0.6 is 11.8 Å². The summed E-state index contributed by atoms with van der Waals surface area (Å²) in [6.07, 6.45) is 0. The molecule has 0 bridgehead atoms. The second kappa shape index (κ2) is 5.18. The van der Waals surface area contributed by atoms with Gasteiger partial charge in [0.15, 0.2) is 0 Å². The zero-order valence-electron chi connectivity index (χ0n) is 8.76. The van der Waals surface area contributed by atoms with Crippen LogP contribution in [0, 0.1) is 10.1 Å². The van der Waals surface area contributed by atoms with Crippen LogP contribution < -0.4 is 5.43 Å². The monoisotopic (exact) mass is 239 g/mol. The van der Waals surface area contributed by atoms with Gasteiger partial charge in [0, 0.05) is 36.7 Å². The Morgan fingerprint density at radius 3 is 2.81 bits per heavy atom. The van der Waals surface area contributed by atoms with Gasteiger partial charge in [-0.1, -0.05) is 6.07 Å². The van der Waals surface area contributed by atoms with E-state index in [4.69, 9.17) is 0 Å². The number of nitro groups is 1. The second-order valence-corrected chi connectivity index (χ2v) is 4.74. The van der Waals surface area contributed by atoms with Gasteiger partial charge in [-0.2, -0.15) is 11.8 Å². The summed E-state index contributed by atoms with van der Waals surface area (Å²) < 4.78 is 0. The minimum Gasteiger partial charge on any atom is -0.319 e.